The zero-order valence-corrected chi connectivity index (χ0v) is 12.1. The molecule has 0 saturated carbocycles. The van der Waals surface area contributed by atoms with E-state index < -0.39 is 6.09 Å². The van der Waals surface area contributed by atoms with E-state index in [0.29, 0.717) is 13.0 Å². The molecule has 0 radical (unpaired) electrons. The van der Waals surface area contributed by atoms with Crippen LogP contribution in [0.1, 0.15) is 46.5 Å². The average molecular weight is 265 g/mol. The molecule has 1 rings (SSSR count). The molecule has 0 bridgehead atoms. The Kier molecular flexibility index (Phi) is 6.33. The number of likely N-dealkylation sites (tertiary alicyclic amines) is 1. The minimum absolute atomic E-state index is 0.130. The summed E-state index contributed by atoms with van der Waals surface area (Å²) in [4.78, 5) is 24.1. The highest BCUT2D eigenvalue weighted by atomic mass is 16.6. The summed E-state index contributed by atoms with van der Waals surface area (Å²) < 4.78 is 5.07. The molecule has 0 aliphatic carbocycles. The van der Waals surface area contributed by atoms with Gasteiger partial charge in [-0.3, -0.25) is 4.79 Å². The van der Waals surface area contributed by atoms with Crippen LogP contribution in [0.25, 0.3) is 0 Å². The number of hydrogen-bond acceptors (Lipinski definition) is 3. The SMILES string of the molecule is CC(C)=CCC/C(C)=C/COC(=O)N1CCCC1=O. The second-order valence-corrected chi connectivity index (χ2v) is 5.10. The Morgan fingerprint density at radius 2 is 2.05 bits per heavy atom. The number of imide groups is 1. The van der Waals surface area contributed by atoms with Crippen LogP contribution in [-0.2, 0) is 9.53 Å². The van der Waals surface area contributed by atoms with Crippen LogP contribution in [0.4, 0.5) is 4.79 Å². The van der Waals surface area contributed by atoms with Gasteiger partial charge in [-0.2, -0.15) is 0 Å². The molecule has 0 N–H and O–H groups in total. The third-order valence-corrected chi connectivity index (χ3v) is 3.02. The molecular weight excluding hydrogens is 242 g/mol. The van der Waals surface area contributed by atoms with Gasteiger partial charge >= 0.3 is 6.09 Å². The van der Waals surface area contributed by atoms with Gasteiger partial charge in [0.15, 0.2) is 0 Å². The van der Waals surface area contributed by atoms with E-state index in [9.17, 15) is 9.59 Å². The molecule has 0 unspecified atom stereocenters. The fourth-order valence-corrected chi connectivity index (χ4v) is 1.86. The van der Waals surface area contributed by atoms with Crippen molar-refractivity contribution in [2.24, 2.45) is 0 Å². The van der Waals surface area contributed by atoms with Gasteiger partial charge in [-0.25, -0.2) is 9.69 Å². The Bertz CT molecular complexity index is 392. The van der Waals surface area contributed by atoms with Crippen molar-refractivity contribution in [2.75, 3.05) is 13.2 Å². The Balaban J connectivity index is 2.26. The van der Waals surface area contributed by atoms with Crippen LogP contribution in [0.2, 0.25) is 0 Å². The van der Waals surface area contributed by atoms with Crippen molar-refractivity contribution in [3.8, 4) is 0 Å². The van der Waals surface area contributed by atoms with Crippen molar-refractivity contribution in [1.29, 1.82) is 0 Å². The Hall–Kier alpha value is -1.58. The highest BCUT2D eigenvalue weighted by molar-refractivity contribution is 5.93. The summed E-state index contributed by atoms with van der Waals surface area (Å²) in [6.45, 7) is 6.90. The molecular formula is C15H23NO3. The molecule has 4 heteroatoms. The highest BCUT2D eigenvalue weighted by Gasteiger charge is 2.27. The van der Waals surface area contributed by atoms with Crippen molar-refractivity contribution in [1.82, 2.24) is 4.90 Å². The van der Waals surface area contributed by atoms with E-state index in [1.165, 1.54) is 16.0 Å². The smallest absolute Gasteiger partial charge is 0.416 e. The number of carbonyl (C=O) groups is 2. The van der Waals surface area contributed by atoms with Crippen LogP contribution in [0.3, 0.4) is 0 Å². The topological polar surface area (TPSA) is 46.6 Å². The van der Waals surface area contributed by atoms with Gasteiger partial charge in [0.05, 0.1) is 0 Å². The van der Waals surface area contributed by atoms with Crippen molar-refractivity contribution < 1.29 is 14.3 Å². The van der Waals surface area contributed by atoms with Crippen LogP contribution < -0.4 is 0 Å². The lowest BCUT2D eigenvalue weighted by Gasteiger charge is -2.12. The largest absolute Gasteiger partial charge is 0.445 e. The molecule has 0 atom stereocenters. The van der Waals surface area contributed by atoms with Crippen molar-refractivity contribution in [3.63, 3.8) is 0 Å². The van der Waals surface area contributed by atoms with Crippen molar-refractivity contribution >= 4 is 12.0 Å². The minimum atomic E-state index is -0.518. The Labute approximate surface area is 115 Å². The highest BCUT2D eigenvalue weighted by Crippen LogP contribution is 2.11. The number of rotatable bonds is 5. The van der Waals surface area contributed by atoms with Gasteiger partial charge in [0.25, 0.3) is 0 Å². The lowest BCUT2D eigenvalue weighted by molar-refractivity contribution is -0.126. The molecule has 1 aliphatic rings. The first-order valence-electron chi connectivity index (χ1n) is 6.77. The predicted molar refractivity (Wildman–Crippen MR) is 74.7 cm³/mol. The quantitative estimate of drug-likeness (QED) is 0.715. The fraction of sp³-hybridized carbons (Fsp3) is 0.600. The van der Waals surface area contributed by atoms with E-state index in [4.69, 9.17) is 4.74 Å². The Morgan fingerprint density at radius 3 is 2.63 bits per heavy atom. The average Bonchev–Trinajstić information content (AvgIpc) is 2.75. The number of nitrogens with zero attached hydrogens (tertiary/aromatic N) is 1. The molecule has 1 fully saturated rings. The fourth-order valence-electron chi connectivity index (χ4n) is 1.86. The molecule has 0 aromatic carbocycles. The van der Waals surface area contributed by atoms with Gasteiger partial charge in [-0.1, -0.05) is 17.2 Å². The standard InChI is InChI=1S/C15H23NO3/c1-12(2)6-4-7-13(3)9-11-19-15(18)16-10-5-8-14(16)17/h6,9H,4-5,7-8,10-11H2,1-3H3/b13-9+. The van der Waals surface area contributed by atoms with Crippen molar-refractivity contribution in [2.45, 2.75) is 46.5 Å². The molecule has 0 spiro atoms. The summed E-state index contributed by atoms with van der Waals surface area (Å²) in [5, 5.41) is 0. The van der Waals surface area contributed by atoms with Gasteiger partial charge in [0.1, 0.15) is 6.61 Å². The third-order valence-electron chi connectivity index (χ3n) is 3.02. The molecule has 1 aliphatic heterocycles. The molecule has 4 nitrogen and oxygen atoms in total. The van der Waals surface area contributed by atoms with Crippen LogP contribution in [0, 0.1) is 0 Å². The number of ether oxygens (including phenoxy) is 1. The molecule has 0 aromatic heterocycles. The lowest BCUT2D eigenvalue weighted by atomic mass is 10.1. The van der Waals surface area contributed by atoms with Crippen LogP contribution in [-0.4, -0.2) is 30.1 Å². The normalized spacial score (nSPS) is 15.6. The van der Waals surface area contributed by atoms with E-state index in [-0.39, 0.29) is 12.5 Å². The van der Waals surface area contributed by atoms with Gasteiger partial charge in [0.2, 0.25) is 5.91 Å². The number of carbonyl (C=O) groups excluding carboxylic acids is 2. The third kappa shape index (κ3) is 5.73. The first kappa shape index (κ1) is 15.5. The van der Waals surface area contributed by atoms with Crippen LogP contribution >= 0.6 is 0 Å². The first-order valence-corrected chi connectivity index (χ1v) is 6.77. The maximum atomic E-state index is 11.6. The number of allylic oxidation sites excluding steroid dienone is 3. The van der Waals surface area contributed by atoms with E-state index >= 15 is 0 Å². The van der Waals surface area contributed by atoms with Gasteiger partial charge in [-0.15, -0.1) is 0 Å². The maximum Gasteiger partial charge on any atom is 0.416 e. The zero-order valence-electron chi connectivity index (χ0n) is 12.1. The summed E-state index contributed by atoms with van der Waals surface area (Å²) in [7, 11) is 0. The summed E-state index contributed by atoms with van der Waals surface area (Å²) in [6.07, 6.45) is 6.73. The summed E-state index contributed by atoms with van der Waals surface area (Å²) in [6, 6.07) is 0. The van der Waals surface area contributed by atoms with Crippen molar-refractivity contribution in [3.05, 3.63) is 23.3 Å². The Morgan fingerprint density at radius 1 is 1.32 bits per heavy atom. The number of amides is 2. The van der Waals surface area contributed by atoms with Gasteiger partial charge in [-0.05, 0) is 46.1 Å². The van der Waals surface area contributed by atoms with E-state index in [0.717, 1.165) is 19.3 Å². The number of hydrogen-bond donors (Lipinski definition) is 0. The monoisotopic (exact) mass is 265 g/mol. The molecule has 19 heavy (non-hydrogen) atoms. The van der Waals surface area contributed by atoms with Crippen LogP contribution in [0.15, 0.2) is 23.3 Å². The van der Waals surface area contributed by atoms with E-state index in [2.05, 4.69) is 19.9 Å². The second-order valence-electron chi connectivity index (χ2n) is 5.10. The van der Waals surface area contributed by atoms with E-state index in [1.807, 2.05) is 13.0 Å². The summed E-state index contributed by atoms with van der Waals surface area (Å²) in [5.41, 5.74) is 2.50. The van der Waals surface area contributed by atoms with E-state index in [1.54, 1.807) is 0 Å². The predicted octanol–water partition coefficient (Wildman–Crippen LogP) is 3.44. The second kappa shape index (κ2) is 7.77. The maximum absolute atomic E-state index is 11.6. The molecule has 1 heterocycles. The summed E-state index contributed by atoms with van der Waals surface area (Å²) >= 11 is 0. The summed E-state index contributed by atoms with van der Waals surface area (Å²) in [5.74, 6) is -0.130. The molecule has 2 amide bonds. The molecule has 0 aromatic rings. The zero-order chi connectivity index (χ0) is 14.3. The van der Waals surface area contributed by atoms with Gasteiger partial charge < -0.3 is 4.74 Å². The van der Waals surface area contributed by atoms with Crippen LogP contribution in [0.5, 0.6) is 0 Å². The molecule has 106 valence electrons. The first-order chi connectivity index (χ1) is 9.00. The molecule has 1 saturated heterocycles. The minimum Gasteiger partial charge on any atom is -0.445 e. The lowest BCUT2D eigenvalue weighted by Crippen LogP contribution is -2.32. The van der Waals surface area contributed by atoms with Gasteiger partial charge in [0, 0.05) is 13.0 Å².